The first-order chi connectivity index (χ1) is 7.22. The van der Waals surface area contributed by atoms with Crippen molar-refractivity contribution < 1.29 is 4.79 Å². The highest BCUT2D eigenvalue weighted by atomic mass is 16.2. The summed E-state index contributed by atoms with van der Waals surface area (Å²) in [5, 5.41) is 0. The Morgan fingerprint density at radius 2 is 2.33 bits per heavy atom. The third kappa shape index (κ3) is 1.88. The summed E-state index contributed by atoms with van der Waals surface area (Å²) in [6.07, 6.45) is 2.09. The lowest BCUT2D eigenvalue weighted by Gasteiger charge is -2.29. The molecule has 0 saturated carbocycles. The Morgan fingerprint density at radius 1 is 1.53 bits per heavy atom. The Kier molecular flexibility index (Phi) is 2.73. The molecular weight excluding hydrogens is 188 g/mol. The average Bonchev–Trinajstić information content (AvgIpc) is 2.27. The molecule has 0 unspecified atom stereocenters. The second kappa shape index (κ2) is 4.03. The summed E-state index contributed by atoms with van der Waals surface area (Å²) in [5.74, 6) is 0.0153. The molecule has 0 fully saturated rings. The summed E-state index contributed by atoms with van der Waals surface area (Å²) < 4.78 is 0. The van der Waals surface area contributed by atoms with Gasteiger partial charge in [0.25, 0.3) is 0 Å². The summed E-state index contributed by atoms with van der Waals surface area (Å²) >= 11 is 0. The van der Waals surface area contributed by atoms with E-state index in [4.69, 9.17) is 5.73 Å². The van der Waals surface area contributed by atoms with Crippen molar-refractivity contribution in [2.24, 2.45) is 5.73 Å². The lowest BCUT2D eigenvalue weighted by atomic mass is 10.00. The number of hydrogen-bond acceptors (Lipinski definition) is 2. The molecule has 1 amide bonds. The molecule has 1 heterocycles. The molecule has 0 radical (unpaired) electrons. The van der Waals surface area contributed by atoms with Crippen molar-refractivity contribution in [3.8, 4) is 0 Å². The van der Waals surface area contributed by atoms with Gasteiger partial charge in [0.2, 0.25) is 5.91 Å². The van der Waals surface area contributed by atoms with Gasteiger partial charge in [-0.1, -0.05) is 12.1 Å². The zero-order valence-electron chi connectivity index (χ0n) is 8.99. The molecule has 0 aliphatic carbocycles. The molecule has 2 rings (SSSR count). The number of hydrogen-bond donors (Lipinski definition) is 1. The van der Waals surface area contributed by atoms with E-state index in [9.17, 15) is 4.79 Å². The van der Waals surface area contributed by atoms with Gasteiger partial charge in [-0.15, -0.1) is 0 Å². The maximum atomic E-state index is 11.6. The predicted molar refractivity (Wildman–Crippen MR) is 60.9 cm³/mol. The monoisotopic (exact) mass is 204 g/mol. The number of rotatable bonds is 1. The first kappa shape index (κ1) is 10.2. The van der Waals surface area contributed by atoms with Crippen LogP contribution < -0.4 is 10.6 Å². The average molecular weight is 204 g/mol. The fraction of sp³-hybridized carbons (Fsp3) is 0.417. The third-order valence-electron chi connectivity index (χ3n) is 2.84. The topological polar surface area (TPSA) is 46.3 Å². The van der Waals surface area contributed by atoms with E-state index in [0.29, 0.717) is 0 Å². The van der Waals surface area contributed by atoms with Crippen molar-refractivity contribution in [2.45, 2.75) is 19.8 Å². The number of carbonyl (C=O) groups is 1. The first-order valence-corrected chi connectivity index (χ1v) is 5.32. The van der Waals surface area contributed by atoms with Gasteiger partial charge in [0.05, 0.1) is 6.54 Å². The molecule has 1 aliphatic rings. The van der Waals surface area contributed by atoms with Gasteiger partial charge in [0, 0.05) is 12.2 Å². The maximum Gasteiger partial charge on any atom is 0.240 e. The zero-order chi connectivity index (χ0) is 10.8. The highest BCUT2D eigenvalue weighted by Crippen LogP contribution is 2.27. The van der Waals surface area contributed by atoms with Crippen LogP contribution in [0.5, 0.6) is 0 Å². The second-order valence-electron chi connectivity index (χ2n) is 3.99. The molecule has 1 aromatic rings. The van der Waals surface area contributed by atoms with Crippen LogP contribution in [-0.4, -0.2) is 19.0 Å². The van der Waals surface area contributed by atoms with Gasteiger partial charge in [0.15, 0.2) is 0 Å². The minimum atomic E-state index is 0.0153. The summed E-state index contributed by atoms with van der Waals surface area (Å²) in [6.45, 7) is 2.93. The van der Waals surface area contributed by atoms with Crippen LogP contribution in [-0.2, 0) is 11.2 Å². The number of benzene rings is 1. The highest BCUT2D eigenvalue weighted by Gasteiger charge is 2.21. The van der Waals surface area contributed by atoms with Crippen LogP contribution in [0, 0.1) is 6.92 Å². The van der Waals surface area contributed by atoms with Gasteiger partial charge in [-0.05, 0) is 37.0 Å². The largest absolute Gasteiger partial charge is 0.322 e. The Balaban J connectivity index is 2.40. The Labute approximate surface area is 89.9 Å². The van der Waals surface area contributed by atoms with Crippen LogP contribution >= 0.6 is 0 Å². The van der Waals surface area contributed by atoms with Crippen LogP contribution in [0.2, 0.25) is 0 Å². The maximum absolute atomic E-state index is 11.6. The number of aryl methyl sites for hydroxylation is 2. The van der Waals surface area contributed by atoms with Crippen LogP contribution in [0.3, 0.4) is 0 Å². The quantitative estimate of drug-likeness (QED) is 0.748. The lowest BCUT2D eigenvalue weighted by molar-refractivity contribution is -0.117. The van der Waals surface area contributed by atoms with Crippen molar-refractivity contribution in [1.82, 2.24) is 0 Å². The summed E-state index contributed by atoms with van der Waals surface area (Å²) in [5.41, 5.74) is 8.90. The van der Waals surface area contributed by atoms with Gasteiger partial charge in [-0.2, -0.15) is 0 Å². The van der Waals surface area contributed by atoms with E-state index in [2.05, 4.69) is 18.2 Å². The van der Waals surface area contributed by atoms with E-state index < -0.39 is 0 Å². The summed E-state index contributed by atoms with van der Waals surface area (Å²) in [4.78, 5) is 13.5. The van der Waals surface area contributed by atoms with E-state index in [1.165, 1.54) is 11.1 Å². The normalized spacial score (nSPS) is 14.9. The second-order valence-corrected chi connectivity index (χ2v) is 3.99. The molecule has 1 aromatic carbocycles. The molecule has 0 atom stereocenters. The number of nitrogens with two attached hydrogens (primary N) is 1. The third-order valence-corrected chi connectivity index (χ3v) is 2.84. The zero-order valence-corrected chi connectivity index (χ0v) is 8.99. The van der Waals surface area contributed by atoms with E-state index in [-0.39, 0.29) is 12.5 Å². The van der Waals surface area contributed by atoms with Crippen molar-refractivity contribution >= 4 is 11.6 Å². The van der Waals surface area contributed by atoms with E-state index >= 15 is 0 Å². The van der Waals surface area contributed by atoms with Crippen molar-refractivity contribution in [1.29, 1.82) is 0 Å². The lowest BCUT2D eigenvalue weighted by Crippen LogP contribution is -2.39. The fourth-order valence-electron chi connectivity index (χ4n) is 2.05. The molecule has 0 saturated heterocycles. The molecular formula is C12H16N2O. The van der Waals surface area contributed by atoms with Crippen LogP contribution in [0.15, 0.2) is 18.2 Å². The van der Waals surface area contributed by atoms with E-state index in [0.717, 1.165) is 25.1 Å². The Hall–Kier alpha value is -1.35. The number of carbonyl (C=O) groups excluding carboxylic acids is 1. The molecule has 3 nitrogen and oxygen atoms in total. The van der Waals surface area contributed by atoms with Gasteiger partial charge in [-0.25, -0.2) is 0 Å². The molecule has 0 aromatic heterocycles. The number of nitrogens with zero attached hydrogens (tertiary/aromatic N) is 1. The molecule has 3 heteroatoms. The van der Waals surface area contributed by atoms with Crippen molar-refractivity contribution in [2.75, 3.05) is 18.0 Å². The number of amides is 1. The van der Waals surface area contributed by atoms with Gasteiger partial charge in [-0.3, -0.25) is 4.79 Å². The highest BCUT2D eigenvalue weighted by molar-refractivity contribution is 5.95. The molecule has 1 aliphatic heterocycles. The smallest absolute Gasteiger partial charge is 0.240 e. The number of fused-ring (bicyclic) bond motifs is 1. The Bertz CT molecular complexity index is 387. The molecule has 0 spiro atoms. The molecule has 80 valence electrons. The summed E-state index contributed by atoms with van der Waals surface area (Å²) in [6, 6.07) is 6.28. The van der Waals surface area contributed by atoms with Gasteiger partial charge < -0.3 is 10.6 Å². The van der Waals surface area contributed by atoms with Crippen molar-refractivity contribution in [3.63, 3.8) is 0 Å². The molecule has 2 N–H and O–H groups in total. The fourth-order valence-corrected chi connectivity index (χ4v) is 2.05. The van der Waals surface area contributed by atoms with E-state index in [1.54, 1.807) is 0 Å². The van der Waals surface area contributed by atoms with Crippen LogP contribution in [0.25, 0.3) is 0 Å². The van der Waals surface area contributed by atoms with Gasteiger partial charge >= 0.3 is 0 Å². The SMILES string of the molecule is Cc1ccc2c(c1)N(C(=O)CN)CCC2. The Morgan fingerprint density at radius 3 is 3.07 bits per heavy atom. The van der Waals surface area contributed by atoms with E-state index in [1.807, 2.05) is 11.8 Å². The standard InChI is InChI=1S/C12H16N2O/c1-9-4-5-10-3-2-6-14(11(10)7-9)12(15)8-13/h4-5,7H,2-3,6,8,13H2,1H3. The van der Waals surface area contributed by atoms with Crippen molar-refractivity contribution in [3.05, 3.63) is 29.3 Å². The predicted octanol–water partition coefficient (Wildman–Crippen LogP) is 1.23. The number of anilines is 1. The van der Waals surface area contributed by atoms with Gasteiger partial charge in [0.1, 0.15) is 0 Å². The molecule has 0 bridgehead atoms. The minimum absolute atomic E-state index is 0.0153. The van der Waals surface area contributed by atoms with Crippen LogP contribution in [0.4, 0.5) is 5.69 Å². The van der Waals surface area contributed by atoms with Crippen LogP contribution in [0.1, 0.15) is 17.5 Å². The summed E-state index contributed by atoms with van der Waals surface area (Å²) in [7, 11) is 0. The first-order valence-electron chi connectivity index (χ1n) is 5.32. The molecule has 15 heavy (non-hydrogen) atoms. The minimum Gasteiger partial charge on any atom is -0.322 e.